The third kappa shape index (κ3) is 2.88. The van der Waals surface area contributed by atoms with Gasteiger partial charge >= 0.3 is 0 Å². The van der Waals surface area contributed by atoms with Crippen LogP contribution in [0.15, 0.2) is 36.5 Å². The Labute approximate surface area is 117 Å². The van der Waals surface area contributed by atoms with Crippen LogP contribution in [-0.4, -0.2) is 29.3 Å². The molecule has 0 spiro atoms. The molecule has 1 fully saturated rings. The van der Waals surface area contributed by atoms with Gasteiger partial charge in [0.1, 0.15) is 0 Å². The summed E-state index contributed by atoms with van der Waals surface area (Å²) in [6.45, 7) is 1.79. The summed E-state index contributed by atoms with van der Waals surface area (Å²) < 4.78 is 5.22. The Morgan fingerprint density at radius 2 is 2.20 bits per heavy atom. The lowest BCUT2D eigenvalue weighted by atomic mass is 10.1. The van der Waals surface area contributed by atoms with Crippen LogP contribution in [0.25, 0.3) is 11.3 Å². The molecule has 1 saturated heterocycles. The van der Waals surface area contributed by atoms with E-state index in [2.05, 4.69) is 15.5 Å². The molecular weight excluding hydrogens is 254 g/mol. The summed E-state index contributed by atoms with van der Waals surface area (Å²) in [6, 6.07) is 10.0. The van der Waals surface area contributed by atoms with Gasteiger partial charge in [-0.3, -0.25) is 9.89 Å². The van der Waals surface area contributed by atoms with Gasteiger partial charge in [0.2, 0.25) is 5.91 Å². The molecule has 1 amide bonds. The van der Waals surface area contributed by atoms with Crippen molar-refractivity contribution in [2.24, 2.45) is 5.92 Å². The quantitative estimate of drug-likeness (QED) is 0.890. The molecule has 1 aliphatic heterocycles. The number of ether oxygens (including phenoxy) is 1. The van der Waals surface area contributed by atoms with Gasteiger partial charge in [0.25, 0.3) is 0 Å². The van der Waals surface area contributed by atoms with Crippen LogP contribution in [0.4, 0.5) is 0 Å². The van der Waals surface area contributed by atoms with E-state index in [0.29, 0.717) is 19.8 Å². The molecule has 2 N–H and O–H groups in total. The van der Waals surface area contributed by atoms with Crippen LogP contribution in [0, 0.1) is 5.92 Å². The molecule has 0 bridgehead atoms. The van der Waals surface area contributed by atoms with Crippen molar-refractivity contribution in [3.8, 4) is 11.3 Å². The van der Waals surface area contributed by atoms with E-state index in [-0.39, 0.29) is 11.8 Å². The molecule has 3 rings (SSSR count). The molecule has 0 radical (unpaired) electrons. The smallest absolute Gasteiger partial charge is 0.225 e. The first-order chi connectivity index (χ1) is 9.83. The number of nitrogens with one attached hydrogen (secondary N) is 2. The number of aromatic amines is 1. The van der Waals surface area contributed by atoms with E-state index in [9.17, 15) is 4.79 Å². The van der Waals surface area contributed by atoms with Crippen molar-refractivity contribution in [1.82, 2.24) is 15.5 Å². The molecule has 0 aliphatic carbocycles. The lowest BCUT2D eigenvalue weighted by Gasteiger charge is -2.09. The van der Waals surface area contributed by atoms with Gasteiger partial charge in [0.15, 0.2) is 0 Å². The van der Waals surface area contributed by atoms with E-state index < -0.39 is 0 Å². The number of benzene rings is 1. The monoisotopic (exact) mass is 271 g/mol. The van der Waals surface area contributed by atoms with Gasteiger partial charge in [-0.05, 0) is 23.6 Å². The average Bonchev–Trinajstić information content (AvgIpc) is 3.18. The predicted octanol–water partition coefficient (Wildman–Crippen LogP) is 1.73. The van der Waals surface area contributed by atoms with Crippen molar-refractivity contribution in [2.75, 3.05) is 13.2 Å². The van der Waals surface area contributed by atoms with E-state index in [4.69, 9.17) is 4.74 Å². The van der Waals surface area contributed by atoms with Crippen molar-refractivity contribution in [2.45, 2.75) is 13.0 Å². The number of rotatable bonds is 4. The fourth-order valence-electron chi connectivity index (χ4n) is 2.29. The normalized spacial score (nSPS) is 18.1. The topological polar surface area (TPSA) is 67.0 Å². The summed E-state index contributed by atoms with van der Waals surface area (Å²) in [6.07, 6.45) is 2.55. The standard InChI is InChI=1S/C15H17N3O2/c19-15(13-6-8-20-10-13)16-9-11-1-3-12(4-2-11)14-5-7-17-18-14/h1-5,7,13H,6,8-10H2,(H,16,19)(H,17,18). The van der Waals surface area contributed by atoms with Gasteiger partial charge < -0.3 is 10.1 Å². The number of hydrogen-bond acceptors (Lipinski definition) is 3. The first kappa shape index (κ1) is 12.9. The third-order valence-corrected chi connectivity index (χ3v) is 3.53. The number of hydrogen-bond donors (Lipinski definition) is 2. The van der Waals surface area contributed by atoms with Gasteiger partial charge in [-0.1, -0.05) is 24.3 Å². The van der Waals surface area contributed by atoms with Crippen LogP contribution >= 0.6 is 0 Å². The maximum atomic E-state index is 11.9. The molecule has 20 heavy (non-hydrogen) atoms. The molecule has 1 aliphatic rings. The summed E-state index contributed by atoms with van der Waals surface area (Å²) in [4.78, 5) is 11.9. The minimum absolute atomic E-state index is 0.0132. The minimum atomic E-state index is 0.0132. The largest absolute Gasteiger partial charge is 0.381 e. The van der Waals surface area contributed by atoms with Crippen molar-refractivity contribution >= 4 is 5.91 Å². The highest BCUT2D eigenvalue weighted by Crippen LogP contribution is 2.17. The van der Waals surface area contributed by atoms with Crippen LogP contribution in [0.5, 0.6) is 0 Å². The van der Waals surface area contributed by atoms with Gasteiger partial charge in [0, 0.05) is 19.3 Å². The summed E-state index contributed by atoms with van der Waals surface area (Å²) >= 11 is 0. The zero-order valence-corrected chi connectivity index (χ0v) is 11.1. The van der Waals surface area contributed by atoms with Crippen LogP contribution in [0.2, 0.25) is 0 Å². The molecule has 1 aromatic heterocycles. The van der Waals surface area contributed by atoms with E-state index in [1.54, 1.807) is 6.20 Å². The summed E-state index contributed by atoms with van der Waals surface area (Å²) in [5.41, 5.74) is 3.16. The molecule has 0 saturated carbocycles. The molecule has 2 heterocycles. The Balaban J connectivity index is 1.57. The Hall–Kier alpha value is -2.14. The minimum Gasteiger partial charge on any atom is -0.381 e. The number of H-pyrrole nitrogens is 1. The molecule has 1 aromatic carbocycles. The molecule has 2 aromatic rings. The second-order valence-corrected chi connectivity index (χ2v) is 4.95. The highest BCUT2D eigenvalue weighted by Gasteiger charge is 2.22. The molecule has 1 atom stereocenters. The number of carbonyl (C=O) groups excluding carboxylic acids is 1. The van der Waals surface area contributed by atoms with Gasteiger partial charge in [-0.25, -0.2) is 0 Å². The fourth-order valence-corrected chi connectivity index (χ4v) is 2.29. The zero-order chi connectivity index (χ0) is 13.8. The van der Waals surface area contributed by atoms with Crippen molar-refractivity contribution in [3.05, 3.63) is 42.1 Å². The first-order valence-electron chi connectivity index (χ1n) is 6.77. The van der Waals surface area contributed by atoms with Crippen molar-refractivity contribution in [3.63, 3.8) is 0 Å². The maximum Gasteiger partial charge on any atom is 0.225 e. The summed E-state index contributed by atoms with van der Waals surface area (Å²) in [7, 11) is 0. The second kappa shape index (κ2) is 5.88. The Morgan fingerprint density at radius 3 is 2.85 bits per heavy atom. The molecule has 5 nitrogen and oxygen atoms in total. The van der Waals surface area contributed by atoms with Crippen LogP contribution in [0.3, 0.4) is 0 Å². The van der Waals surface area contributed by atoms with Crippen molar-refractivity contribution < 1.29 is 9.53 Å². The molecule has 104 valence electrons. The van der Waals surface area contributed by atoms with Gasteiger partial charge in [-0.2, -0.15) is 5.10 Å². The molecular formula is C15H17N3O2. The van der Waals surface area contributed by atoms with Gasteiger partial charge in [0.05, 0.1) is 18.2 Å². The second-order valence-electron chi connectivity index (χ2n) is 4.95. The number of aromatic nitrogens is 2. The van der Waals surface area contributed by atoms with Crippen molar-refractivity contribution in [1.29, 1.82) is 0 Å². The Bertz CT molecular complexity index is 557. The van der Waals surface area contributed by atoms with E-state index in [1.165, 1.54) is 0 Å². The Kier molecular flexibility index (Phi) is 3.78. The van der Waals surface area contributed by atoms with E-state index >= 15 is 0 Å². The number of nitrogens with zero attached hydrogens (tertiary/aromatic N) is 1. The van der Waals surface area contributed by atoms with Crippen LogP contribution in [-0.2, 0) is 16.1 Å². The van der Waals surface area contributed by atoms with Gasteiger partial charge in [-0.15, -0.1) is 0 Å². The zero-order valence-electron chi connectivity index (χ0n) is 11.1. The first-order valence-corrected chi connectivity index (χ1v) is 6.77. The van der Waals surface area contributed by atoms with Crippen LogP contribution < -0.4 is 5.32 Å². The fraction of sp³-hybridized carbons (Fsp3) is 0.333. The van der Waals surface area contributed by atoms with E-state index in [1.807, 2.05) is 30.3 Å². The average molecular weight is 271 g/mol. The summed E-state index contributed by atoms with van der Waals surface area (Å²) in [5, 5.41) is 9.81. The number of carbonyl (C=O) groups is 1. The highest BCUT2D eigenvalue weighted by atomic mass is 16.5. The Morgan fingerprint density at radius 1 is 1.35 bits per heavy atom. The lowest BCUT2D eigenvalue weighted by Crippen LogP contribution is -2.30. The van der Waals surface area contributed by atoms with Crippen LogP contribution in [0.1, 0.15) is 12.0 Å². The number of amides is 1. The predicted molar refractivity (Wildman–Crippen MR) is 74.8 cm³/mol. The SMILES string of the molecule is O=C(NCc1ccc(-c2ccn[nH]2)cc1)C1CCOC1. The third-order valence-electron chi connectivity index (χ3n) is 3.53. The maximum absolute atomic E-state index is 11.9. The summed E-state index contributed by atoms with van der Waals surface area (Å²) in [5.74, 6) is 0.0967. The molecule has 5 heteroatoms. The lowest BCUT2D eigenvalue weighted by molar-refractivity contribution is -0.125. The molecule has 1 unspecified atom stereocenters. The highest BCUT2D eigenvalue weighted by molar-refractivity contribution is 5.79. The van der Waals surface area contributed by atoms with E-state index in [0.717, 1.165) is 23.2 Å².